The molecule has 1 aliphatic carbocycles. The van der Waals surface area contributed by atoms with Crippen molar-refractivity contribution in [3.63, 3.8) is 0 Å². The number of aliphatic carboxylic acids is 1. The van der Waals surface area contributed by atoms with Gasteiger partial charge in [0.05, 0.1) is 12.0 Å². The highest BCUT2D eigenvalue weighted by molar-refractivity contribution is 9.10. The lowest BCUT2D eigenvalue weighted by atomic mass is 9.95. The number of carbonyl (C=O) groups is 2. The Bertz CT molecular complexity index is 510. The molecule has 5 nitrogen and oxygen atoms in total. The zero-order valence-corrected chi connectivity index (χ0v) is 12.6. The Morgan fingerprint density at radius 1 is 1.40 bits per heavy atom. The summed E-state index contributed by atoms with van der Waals surface area (Å²) < 4.78 is 5.76. The van der Waals surface area contributed by atoms with Gasteiger partial charge in [-0.3, -0.25) is 4.79 Å². The molecule has 2 rings (SSSR count). The van der Waals surface area contributed by atoms with Crippen molar-refractivity contribution in [3.8, 4) is 0 Å². The zero-order valence-electron chi connectivity index (χ0n) is 11.1. The second kappa shape index (κ2) is 5.93. The van der Waals surface area contributed by atoms with Gasteiger partial charge in [-0.25, -0.2) is 4.79 Å². The second-order valence-corrected chi connectivity index (χ2v) is 5.78. The molecule has 1 aromatic rings. The molecule has 0 radical (unpaired) electrons. The number of hydrogen-bond donors (Lipinski definition) is 2. The van der Waals surface area contributed by atoms with Gasteiger partial charge in [0.2, 0.25) is 5.91 Å². The topological polar surface area (TPSA) is 75.6 Å². The van der Waals surface area contributed by atoms with Crippen LogP contribution >= 0.6 is 15.9 Å². The van der Waals surface area contributed by atoms with E-state index in [0.29, 0.717) is 0 Å². The fourth-order valence-corrected chi connectivity index (χ4v) is 2.43. The molecule has 1 atom stereocenters. The number of halogens is 1. The molecule has 6 heteroatoms. The molecule has 0 heterocycles. The number of carboxylic acid groups (broad SMARTS) is 1. The SMILES string of the molecule is COC(CNC(=O)C1(c2ccc(Br)cc2)CC1)C(=O)O. The van der Waals surface area contributed by atoms with E-state index in [2.05, 4.69) is 21.2 Å². The highest BCUT2D eigenvalue weighted by Gasteiger charge is 2.51. The third-order valence-corrected chi connectivity index (χ3v) is 4.12. The number of amides is 1. The highest BCUT2D eigenvalue weighted by atomic mass is 79.9. The van der Waals surface area contributed by atoms with Crippen LogP contribution < -0.4 is 5.32 Å². The summed E-state index contributed by atoms with van der Waals surface area (Å²) in [6, 6.07) is 7.64. The van der Waals surface area contributed by atoms with Gasteiger partial charge in [-0.05, 0) is 30.5 Å². The van der Waals surface area contributed by atoms with Crippen LogP contribution in [-0.4, -0.2) is 36.7 Å². The molecule has 1 aliphatic rings. The molecule has 0 spiro atoms. The van der Waals surface area contributed by atoms with Crippen LogP contribution in [-0.2, 0) is 19.7 Å². The van der Waals surface area contributed by atoms with E-state index in [-0.39, 0.29) is 12.5 Å². The fourth-order valence-electron chi connectivity index (χ4n) is 2.17. The predicted octanol–water partition coefficient (Wildman–Crippen LogP) is 1.70. The molecule has 1 amide bonds. The van der Waals surface area contributed by atoms with Gasteiger partial charge >= 0.3 is 5.97 Å². The molecule has 20 heavy (non-hydrogen) atoms. The third-order valence-electron chi connectivity index (χ3n) is 3.59. The van der Waals surface area contributed by atoms with Crippen molar-refractivity contribution in [2.45, 2.75) is 24.4 Å². The van der Waals surface area contributed by atoms with E-state index < -0.39 is 17.5 Å². The van der Waals surface area contributed by atoms with Gasteiger partial charge in [0.15, 0.2) is 6.10 Å². The van der Waals surface area contributed by atoms with Crippen LogP contribution in [0.15, 0.2) is 28.7 Å². The average Bonchev–Trinajstić information content (AvgIpc) is 3.21. The first-order valence-corrected chi connectivity index (χ1v) is 7.09. The monoisotopic (exact) mass is 341 g/mol. The summed E-state index contributed by atoms with van der Waals surface area (Å²) >= 11 is 3.36. The Morgan fingerprint density at radius 3 is 2.45 bits per heavy atom. The number of carboxylic acids is 1. The molecule has 1 fully saturated rings. The molecule has 0 aliphatic heterocycles. The van der Waals surface area contributed by atoms with Crippen LogP contribution in [0.3, 0.4) is 0 Å². The van der Waals surface area contributed by atoms with Crippen molar-refractivity contribution in [3.05, 3.63) is 34.3 Å². The number of methoxy groups -OCH3 is 1. The summed E-state index contributed by atoms with van der Waals surface area (Å²) in [4.78, 5) is 23.1. The van der Waals surface area contributed by atoms with Crippen LogP contribution in [0.25, 0.3) is 0 Å². The molecular weight excluding hydrogens is 326 g/mol. The minimum absolute atomic E-state index is 0.0249. The molecule has 1 saturated carbocycles. The van der Waals surface area contributed by atoms with Crippen molar-refractivity contribution >= 4 is 27.8 Å². The summed E-state index contributed by atoms with van der Waals surface area (Å²) in [5.41, 5.74) is 0.458. The first-order valence-electron chi connectivity index (χ1n) is 6.29. The normalized spacial score (nSPS) is 17.3. The van der Waals surface area contributed by atoms with Gasteiger partial charge in [-0.2, -0.15) is 0 Å². The minimum Gasteiger partial charge on any atom is -0.479 e. The van der Waals surface area contributed by atoms with Crippen LogP contribution in [0.1, 0.15) is 18.4 Å². The maximum absolute atomic E-state index is 12.3. The Balaban J connectivity index is 2.02. The van der Waals surface area contributed by atoms with E-state index in [0.717, 1.165) is 22.9 Å². The standard InChI is InChI=1S/C14H16BrNO4/c1-20-11(12(17)18)8-16-13(19)14(6-7-14)9-2-4-10(15)5-3-9/h2-5,11H,6-8H2,1H3,(H,16,19)(H,17,18). The van der Waals surface area contributed by atoms with Crippen molar-refractivity contribution in [2.24, 2.45) is 0 Å². The van der Waals surface area contributed by atoms with E-state index in [1.807, 2.05) is 24.3 Å². The average molecular weight is 342 g/mol. The highest BCUT2D eigenvalue weighted by Crippen LogP contribution is 2.48. The Labute approximate surface area is 125 Å². The largest absolute Gasteiger partial charge is 0.479 e. The maximum Gasteiger partial charge on any atom is 0.334 e. The molecule has 108 valence electrons. The van der Waals surface area contributed by atoms with Crippen LogP contribution in [0.5, 0.6) is 0 Å². The van der Waals surface area contributed by atoms with E-state index in [1.165, 1.54) is 7.11 Å². The number of ether oxygens (including phenoxy) is 1. The third kappa shape index (κ3) is 3.02. The fraction of sp³-hybridized carbons (Fsp3) is 0.429. The van der Waals surface area contributed by atoms with Gasteiger partial charge < -0.3 is 15.2 Å². The number of nitrogens with one attached hydrogen (secondary N) is 1. The van der Waals surface area contributed by atoms with Crippen molar-refractivity contribution in [1.82, 2.24) is 5.32 Å². The smallest absolute Gasteiger partial charge is 0.334 e. The predicted molar refractivity (Wildman–Crippen MR) is 76.5 cm³/mol. The van der Waals surface area contributed by atoms with Crippen molar-refractivity contribution in [1.29, 1.82) is 0 Å². The molecule has 0 aromatic heterocycles. The van der Waals surface area contributed by atoms with Gasteiger partial charge in [0.25, 0.3) is 0 Å². The van der Waals surface area contributed by atoms with E-state index in [9.17, 15) is 9.59 Å². The molecule has 1 aromatic carbocycles. The lowest BCUT2D eigenvalue weighted by molar-refractivity contribution is -0.148. The van der Waals surface area contributed by atoms with E-state index >= 15 is 0 Å². The summed E-state index contributed by atoms with van der Waals surface area (Å²) in [5, 5.41) is 11.5. The minimum atomic E-state index is -1.08. The summed E-state index contributed by atoms with van der Waals surface area (Å²) in [6.07, 6.45) is 0.552. The Hall–Kier alpha value is -1.40. The van der Waals surface area contributed by atoms with Crippen LogP contribution in [0, 0.1) is 0 Å². The van der Waals surface area contributed by atoms with E-state index in [1.54, 1.807) is 0 Å². The molecule has 0 saturated heterocycles. The lowest BCUT2D eigenvalue weighted by Gasteiger charge is -2.18. The van der Waals surface area contributed by atoms with Crippen LogP contribution in [0.4, 0.5) is 0 Å². The van der Waals surface area contributed by atoms with Crippen LogP contribution in [0.2, 0.25) is 0 Å². The summed E-state index contributed by atoms with van der Waals surface area (Å²) in [6.45, 7) is -0.0249. The number of rotatable bonds is 6. The quantitative estimate of drug-likeness (QED) is 0.825. The van der Waals surface area contributed by atoms with E-state index in [4.69, 9.17) is 9.84 Å². The number of carbonyl (C=O) groups excluding carboxylic acids is 1. The van der Waals surface area contributed by atoms with Gasteiger partial charge in [0.1, 0.15) is 0 Å². The Kier molecular flexibility index (Phi) is 4.45. The lowest BCUT2D eigenvalue weighted by Crippen LogP contribution is -2.42. The zero-order chi connectivity index (χ0) is 14.8. The second-order valence-electron chi connectivity index (χ2n) is 4.86. The summed E-state index contributed by atoms with van der Waals surface area (Å²) in [5.74, 6) is -1.22. The maximum atomic E-state index is 12.3. The van der Waals surface area contributed by atoms with Crippen molar-refractivity contribution in [2.75, 3.05) is 13.7 Å². The van der Waals surface area contributed by atoms with Gasteiger partial charge in [-0.15, -0.1) is 0 Å². The molecular formula is C14H16BrNO4. The van der Waals surface area contributed by atoms with Gasteiger partial charge in [-0.1, -0.05) is 28.1 Å². The molecule has 1 unspecified atom stereocenters. The Morgan fingerprint density at radius 2 is 2.00 bits per heavy atom. The summed E-state index contributed by atoms with van der Waals surface area (Å²) in [7, 11) is 1.31. The van der Waals surface area contributed by atoms with Gasteiger partial charge in [0, 0.05) is 11.6 Å². The first-order chi connectivity index (χ1) is 9.49. The first kappa shape index (κ1) is 15.0. The molecule has 0 bridgehead atoms. The van der Waals surface area contributed by atoms with Crippen molar-refractivity contribution < 1.29 is 19.4 Å². The molecule has 2 N–H and O–H groups in total. The number of benzene rings is 1. The number of hydrogen-bond acceptors (Lipinski definition) is 3.